The molecule has 5 heteroatoms. The third-order valence-electron chi connectivity index (χ3n) is 2.83. The molecule has 2 N–H and O–H groups in total. The van der Waals surface area contributed by atoms with E-state index in [2.05, 4.69) is 5.32 Å². The second-order valence-electron chi connectivity index (χ2n) is 4.26. The zero-order valence-electron chi connectivity index (χ0n) is 11.5. The molecule has 0 aliphatic carbocycles. The first kappa shape index (κ1) is 14.6. The molecule has 0 unspecified atom stereocenters. The molecule has 108 valence electrons. The Balaban J connectivity index is 2.16. The number of carbonyl (C=O) groups is 2. The van der Waals surface area contributed by atoms with E-state index in [1.807, 2.05) is 6.92 Å². The molecule has 0 aromatic heterocycles. The van der Waals surface area contributed by atoms with Crippen LogP contribution < -0.4 is 10.1 Å². The van der Waals surface area contributed by atoms with Crippen LogP contribution in [0.3, 0.4) is 0 Å². The Morgan fingerprint density at radius 2 is 1.67 bits per heavy atom. The highest BCUT2D eigenvalue weighted by molar-refractivity contribution is 6.10. The normalized spacial score (nSPS) is 9.95. The van der Waals surface area contributed by atoms with Crippen LogP contribution in [-0.4, -0.2) is 23.6 Å². The van der Waals surface area contributed by atoms with E-state index < -0.39 is 11.9 Å². The Morgan fingerprint density at radius 3 is 2.24 bits per heavy atom. The number of carbonyl (C=O) groups excluding carboxylic acids is 1. The molecule has 0 heterocycles. The number of hydrogen-bond donors (Lipinski definition) is 2. The highest BCUT2D eigenvalue weighted by Crippen LogP contribution is 2.17. The van der Waals surface area contributed by atoms with E-state index in [1.165, 1.54) is 12.1 Å². The van der Waals surface area contributed by atoms with Gasteiger partial charge in [-0.2, -0.15) is 0 Å². The highest BCUT2D eigenvalue weighted by atomic mass is 16.5. The number of benzene rings is 2. The van der Waals surface area contributed by atoms with Gasteiger partial charge in [0.1, 0.15) is 5.75 Å². The van der Waals surface area contributed by atoms with Crippen molar-refractivity contribution in [2.75, 3.05) is 11.9 Å². The van der Waals surface area contributed by atoms with Gasteiger partial charge < -0.3 is 15.2 Å². The lowest BCUT2D eigenvalue weighted by atomic mass is 10.1. The number of anilines is 1. The first-order valence-corrected chi connectivity index (χ1v) is 6.48. The molecular formula is C16H15NO4. The van der Waals surface area contributed by atoms with Gasteiger partial charge in [0.05, 0.1) is 17.7 Å². The summed E-state index contributed by atoms with van der Waals surface area (Å²) in [4.78, 5) is 23.2. The molecule has 5 nitrogen and oxygen atoms in total. The van der Waals surface area contributed by atoms with Gasteiger partial charge in [-0.3, -0.25) is 4.79 Å². The summed E-state index contributed by atoms with van der Waals surface area (Å²) in [5.74, 6) is -0.883. The zero-order valence-corrected chi connectivity index (χ0v) is 11.5. The van der Waals surface area contributed by atoms with E-state index in [0.29, 0.717) is 18.0 Å². The molecule has 21 heavy (non-hydrogen) atoms. The lowest BCUT2D eigenvalue weighted by Gasteiger charge is -2.08. The molecular weight excluding hydrogens is 270 g/mol. The molecule has 1 amide bonds. The van der Waals surface area contributed by atoms with Crippen molar-refractivity contribution in [2.24, 2.45) is 0 Å². The number of aromatic carboxylic acids is 1. The summed E-state index contributed by atoms with van der Waals surface area (Å²) in [5.41, 5.74) is 0.670. The molecule has 0 aliphatic rings. The molecule has 0 saturated heterocycles. The summed E-state index contributed by atoms with van der Waals surface area (Å²) in [6.45, 7) is 2.45. The molecule has 0 radical (unpaired) electrons. The Morgan fingerprint density at radius 1 is 1.05 bits per heavy atom. The van der Waals surface area contributed by atoms with E-state index in [4.69, 9.17) is 9.84 Å². The van der Waals surface area contributed by atoms with Gasteiger partial charge in [0.25, 0.3) is 5.91 Å². The maximum absolute atomic E-state index is 12.1. The summed E-state index contributed by atoms with van der Waals surface area (Å²) in [7, 11) is 0. The number of nitrogens with one attached hydrogen (secondary N) is 1. The number of hydrogen-bond acceptors (Lipinski definition) is 3. The molecule has 0 fully saturated rings. The molecule has 2 aromatic rings. The largest absolute Gasteiger partial charge is 0.494 e. The van der Waals surface area contributed by atoms with Crippen molar-refractivity contribution in [3.63, 3.8) is 0 Å². The van der Waals surface area contributed by atoms with E-state index in [-0.39, 0.29) is 11.1 Å². The Hall–Kier alpha value is -2.82. The maximum Gasteiger partial charge on any atom is 0.336 e. The Labute approximate surface area is 122 Å². The predicted molar refractivity (Wildman–Crippen MR) is 79.0 cm³/mol. The standard InChI is InChI=1S/C16H15NO4/c1-2-21-12-9-7-11(8-10-12)17-15(18)13-5-3-4-6-14(13)16(19)20/h3-10H,2H2,1H3,(H,17,18)(H,19,20). The molecule has 0 atom stereocenters. The first-order chi connectivity index (χ1) is 10.1. The van der Waals surface area contributed by atoms with Crippen molar-refractivity contribution in [1.82, 2.24) is 0 Å². The predicted octanol–water partition coefficient (Wildman–Crippen LogP) is 3.04. The van der Waals surface area contributed by atoms with Crippen molar-refractivity contribution in [1.29, 1.82) is 0 Å². The van der Waals surface area contributed by atoms with E-state index in [9.17, 15) is 9.59 Å². The Bertz CT molecular complexity index is 650. The highest BCUT2D eigenvalue weighted by Gasteiger charge is 2.15. The van der Waals surface area contributed by atoms with E-state index >= 15 is 0 Å². The first-order valence-electron chi connectivity index (χ1n) is 6.48. The number of carboxylic acids is 1. The molecule has 2 aromatic carbocycles. The number of carboxylic acid groups (broad SMARTS) is 1. The van der Waals surface area contributed by atoms with Crippen LogP contribution >= 0.6 is 0 Å². The van der Waals surface area contributed by atoms with Crippen LogP contribution in [0.1, 0.15) is 27.6 Å². The van der Waals surface area contributed by atoms with Crippen molar-refractivity contribution in [2.45, 2.75) is 6.92 Å². The minimum atomic E-state index is -1.13. The van der Waals surface area contributed by atoms with Crippen LogP contribution in [0.15, 0.2) is 48.5 Å². The second kappa shape index (κ2) is 6.56. The smallest absolute Gasteiger partial charge is 0.336 e. The van der Waals surface area contributed by atoms with Crippen LogP contribution in [-0.2, 0) is 0 Å². The number of amides is 1. The van der Waals surface area contributed by atoms with Gasteiger partial charge in [-0.1, -0.05) is 12.1 Å². The van der Waals surface area contributed by atoms with Crippen LogP contribution in [0.4, 0.5) is 5.69 Å². The Kier molecular flexibility index (Phi) is 4.56. The van der Waals surface area contributed by atoms with Crippen LogP contribution in [0.25, 0.3) is 0 Å². The fraction of sp³-hybridized carbons (Fsp3) is 0.125. The average Bonchev–Trinajstić information content (AvgIpc) is 2.49. The lowest BCUT2D eigenvalue weighted by molar-refractivity contribution is 0.0692. The monoisotopic (exact) mass is 285 g/mol. The SMILES string of the molecule is CCOc1ccc(NC(=O)c2ccccc2C(=O)O)cc1. The summed E-state index contributed by atoms with van der Waals surface area (Å²) in [6.07, 6.45) is 0. The summed E-state index contributed by atoms with van der Waals surface area (Å²) in [5, 5.41) is 11.7. The average molecular weight is 285 g/mol. The fourth-order valence-corrected chi connectivity index (χ4v) is 1.87. The fourth-order valence-electron chi connectivity index (χ4n) is 1.87. The van der Waals surface area contributed by atoms with Crippen LogP contribution in [0, 0.1) is 0 Å². The minimum absolute atomic E-state index is 0.0269. The summed E-state index contributed by atoms with van der Waals surface area (Å²) >= 11 is 0. The van der Waals surface area contributed by atoms with Gasteiger partial charge in [0, 0.05) is 5.69 Å². The second-order valence-corrected chi connectivity index (χ2v) is 4.26. The minimum Gasteiger partial charge on any atom is -0.494 e. The number of rotatable bonds is 5. The van der Waals surface area contributed by atoms with E-state index in [0.717, 1.165) is 0 Å². The van der Waals surface area contributed by atoms with Crippen LogP contribution in [0.2, 0.25) is 0 Å². The van der Waals surface area contributed by atoms with Gasteiger partial charge >= 0.3 is 5.97 Å². The molecule has 0 aliphatic heterocycles. The van der Waals surface area contributed by atoms with Crippen molar-refractivity contribution >= 4 is 17.6 Å². The molecule has 0 spiro atoms. The maximum atomic E-state index is 12.1. The van der Waals surface area contributed by atoms with Gasteiger partial charge in [0.15, 0.2) is 0 Å². The van der Waals surface area contributed by atoms with Crippen molar-refractivity contribution in [3.8, 4) is 5.75 Å². The topological polar surface area (TPSA) is 75.6 Å². The van der Waals surface area contributed by atoms with Crippen LogP contribution in [0.5, 0.6) is 5.75 Å². The molecule has 2 rings (SSSR count). The van der Waals surface area contributed by atoms with Crippen molar-refractivity contribution in [3.05, 3.63) is 59.7 Å². The van der Waals surface area contributed by atoms with Gasteiger partial charge in [-0.25, -0.2) is 4.79 Å². The van der Waals surface area contributed by atoms with Crippen molar-refractivity contribution < 1.29 is 19.4 Å². The summed E-state index contributed by atoms with van der Waals surface area (Å²) < 4.78 is 5.31. The third-order valence-corrected chi connectivity index (χ3v) is 2.83. The third kappa shape index (κ3) is 3.60. The van der Waals surface area contributed by atoms with Gasteiger partial charge in [-0.05, 0) is 43.3 Å². The van der Waals surface area contributed by atoms with E-state index in [1.54, 1.807) is 36.4 Å². The zero-order chi connectivity index (χ0) is 15.2. The summed E-state index contributed by atoms with van der Waals surface area (Å²) in [6, 6.07) is 13.0. The quantitative estimate of drug-likeness (QED) is 0.885. The lowest BCUT2D eigenvalue weighted by Crippen LogP contribution is -2.16. The molecule has 0 bridgehead atoms. The molecule has 0 saturated carbocycles. The number of ether oxygens (including phenoxy) is 1. The van der Waals surface area contributed by atoms with Gasteiger partial charge in [-0.15, -0.1) is 0 Å². The van der Waals surface area contributed by atoms with Gasteiger partial charge in [0.2, 0.25) is 0 Å².